The van der Waals surface area contributed by atoms with Crippen LogP contribution in [0.4, 0.5) is 0 Å². The lowest BCUT2D eigenvalue weighted by Crippen LogP contribution is -2.45. The zero-order chi connectivity index (χ0) is 17.9. The Morgan fingerprint density at radius 3 is 2.81 bits per heavy atom. The van der Waals surface area contributed by atoms with E-state index in [4.69, 9.17) is 4.74 Å². The molecule has 1 aliphatic carbocycles. The van der Waals surface area contributed by atoms with Gasteiger partial charge in [-0.3, -0.25) is 9.59 Å². The Morgan fingerprint density at radius 2 is 2.08 bits per heavy atom. The van der Waals surface area contributed by atoms with Gasteiger partial charge in [-0.1, -0.05) is 0 Å². The summed E-state index contributed by atoms with van der Waals surface area (Å²) in [6, 6.07) is 1.49. The third-order valence-electron chi connectivity index (χ3n) is 4.74. The van der Waals surface area contributed by atoms with Gasteiger partial charge in [0, 0.05) is 43.2 Å². The Bertz CT molecular complexity index is 831. The van der Waals surface area contributed by atoms with Crippen molar-refractivity contribution < 1.29 is 9.53 Å². The van der Waals surface area contributed by atoms with Gasteiger partial charge >= 0.3 is 0 Å². The van der Waals surface area contributed by atoms with E-state index in [2.05, 4.69) is 19.9 Å². The van der Waals surface area contributed by atoms with Crippen LogP contribution in [0.5, 0.6) is 0 Å². The van der Waals surface area contributed by atoms with Gasteiger partial charge in [0.05, 0.1) is 24.6 Å². The summed E-state index contributed by atoms with van der Waals surface area (Å²) in [5, 5.41) is 0. The molecule has 2 aromatic heterocycles. The van der Waals surface area contributed by atoms with Gasteiger partial charge < -0.3 is 14.6 Å². The van der Waals surface area contributed by atoms with Gasteiger partial charge in [0.25, 0.3) is 11.5 Å². The topological polar surface area (TPSA) is 101 Å². The fourth-order valence-corrected chi connectivity index (χ4v) is 3.12. The quantitative estimate of drug-likeness (QED) is 0.855. The summed E-state index contributed by atoms with van der Waals surface area (Å²) < 4.78 is 5.77. The van der Waals surface area contributed by atoms with Gasteiger partial charge in [-0.15, -0.1) is 0 Å². The van der Waals surface area contributed by atoms with Crippen molar-refractivity contribution in [2.75, 3.05) is 19.7 Å². The maximum absolute atomic E-state index is 12.7. The molecule has 1 N–H and O–H groups in total. The highest BCUT2D eigenvalue weighted by Gasteiger charge is 2.28. The molecule has 1 amide bonds. The van der Waals surface area contributed by atoms with Crippen LogP contribution in [0, 0.1) is 0 Å². The highest BCUT2D eigenvalue weighted by Crippen LogP contribution is 2.37. The summed E-state index contributed by atoms with van der Waals surface area (Å²) in [7, 11) is 0. The molecule has 2 fully saturated rings. The number of H-pyrrole nitrogens is 1. The smallest absolute Gasteiger partial charge is 0.257 e. The van der Waals surface area contributed by atoms with E-state index in [9.17, 15) is 9.59 Å². The number of ether oxygens (including phenoxy) is 1. The molecule has 1 atom stereocenters. The highest BCUT2D eigenvalue weighted by atomic mass is 16.5. The first-order valence-corrected chi connectivity index (χ1v) is 8.95. The van der Waals surface area contributed by atoms with Crippen molar-refractivity contribution in [1.29, 1.82) is 0 Å². The monoisotopic (exact) mass is 355 g/mol. The summed E-state index contributed by atoms with van der Waals surface area (Å²) in [5.74, 6) is 1.26. The number of carbonyl (C=O) groups excluding carboxylic acids is 1. The molecule has 2 aliphatic rings. The number of morpholine rings is 1. The van der Waals surface area contributed by atoms with Crippen LogP contribution in [0.25, 0.3) is 0 Å². The van der Waals surface area contributed by atoms with Crippen molar-refractivity contribution in [3.8, 4) is 0 Å². The van der Waals surface area contributed by atoms with Crippen molar-refractivity contribution in [2.45, 2.75) is 37.7 Å². The summed E-state index contributed by atoms with van der Waals surface area (Å²) in [6.45, 7) is 1.58. The number of carbonyl (C=O) groups is 1. The van der Waals surface area contributed by atoms with Crippen molar-refractivity contribution >= 4 is 5.91 Å². The summed E-state index contributed by atoms with van der Waals surface area (Å²) in [4.78, 5) is 41.1. The maximum atomic E-state index is 12.7. The molecule has 1 saturated carbocycles. The average Bonchev–Trinajstić information content (AvgIpc) is 3.52. The second-order valence-corrected chi connectivity index (χ2v) is 6.79. The van der Waals surface area contributed by atoms with Crippen LogP contribution in [0.1, 0.15) is 47.1 Å². The second-order valence-electron chi connectivity index (χ2n) is 6.79. The number of hydrogen-bond acceptors (Lipinski definition) is 6. The van der Waals surface area contributed by atoms with Crippen LogP contribution in [0.15, 0.2) is 29.6 Å². The maximum Gasteiger partial charge on any atom is 0.257 e. The number of hydrogen-bond donors (Lipinski definition) is 1. The van der Waals surface area contributed by atoms with Crippen LogP contribution in [-0.2, 0) is 11.2 Å². The minimum Gasteiger partial charge on any atom is -0.375 e. The number of rotatable bonds is 5. The fourth-order valence-electron chi connectivity index (χ4n) is 3.12. The Balaban J connectivity index is 1.34. The van der Waals surface area contributed by atoms with Gasteiger partial charge in [-0.2, -0.15) is 0 Å². The van der Waals surface area contributed by atoms with Crippen molar-refractivity contribution in [1.82, 2.24) is 24.8 Å². The highest BCUT2D eigenvalue weighted by molar-refractivity contribution is 5.93. The number of amides is 1. The van der Waals surface area contributed by atoms with Gasteiger partial charge in [-0.25, -0.2) is 15.0 Å². The van der Waals surface area contributed by atoms with Gasteiger partial charge in [0.1, 0.15) is 5.82 Å². The second kappa shape index (κ2) is 7.33. The Morgan fingerprint density at radius 1 is 1.27 bits per heavy atom. The minimum absolute atomic E-state index is 0.0603. The first-order chi connectivity index (χ1) is 12.7. The number of aromatic amines is 1. The van der Waals surface area contributed by atoms with E-state index in [1.165, 1.54) is 12.4 Å². The lowest BCUT2D eigenvalue weighted by atomic mass is 10.1. The van der Waals surface area contributed by atoms with E-state index in [1.54, 1.807) is 17.3 Å². The third-order valence-corrected chi connectivity index (χ3v) is 4.74. The molecule has 8 heteroatoms. The van der Waals surface area contributed by atoms with Crippen LogP contribution in [0.2, 0.25) is 0 Å². The van der Waals surface area contributed by atoms with Crippen LogP contribution < -0.4 is 5.56 Å². The number of nitrogens with one attached hydrogen (secondary N) is 1. The van der Waals surface area contributed by atoms with Crippen LogP contribution in [-0.4, -0.2) is 56.5 Å². The van der Waals surface area contributed by atoms with Crippen LogP contribution in [0.3, 0.4) is 0 Å². The number of aryl methyl sites for hydroxylation is 1. The largest absolute Gasteiger partial charge is 0.375 e. The van der Waals surface area contributed by atoms with Gasteiger partial charge in [-0.05, 0) is 25.7 Å². The minimum atomic E-state index is -0.161. The number of aromatic nitrogens is 4. The fraction of sp³-hybridized carbons (Fsp3) is 0.500. The summed E-state index contributed by atoms with van der Waals surface area (Å²) >= 11 is 0. The van der Waals surface area contributed by atoms with Crippen molar-refractivity contribution in [2.24, 2.45) is 0 Å². The molecule has 0 aromatic carbocycles. The molecule has 1 unspecified atom stereocenters. The normalized spacial score (nSPS) is 20.2. The molecule has 136 valence electrons. The van der Waals surface area contributed by atoms with E-state index < -0.39 is 0 Å². The standard InChI is InChI=1S/C18H21N5O3/c24-16-7-14(21-11-22-16)3-4-15-10-23(5-6-26-15)18(25)13-8-19-17(20-9-13)12-1-2-12/h7-9,11-12,15H,1-6,10H2,(H,21,22,24). The molecule has 0 spiro atoms. The van der Waals surface area contributed by atoms with E-state index in [0.29, 0.717) is 44.0 Å². The Labute approximate surface area is 150 Å². The molecule has 0 bridgehead atoms. The lowest BCUT2D eigenvalue weighted by Gasteiger charge is -2.33. The van der Waals surface area contributed by atoms with Gasteiger partial charge in [0.2, 0.25) is 0 Å². The predicted molar refractivity (Wildman–Crippen MR) is 92.8 cm³/mol. The molecule has 4 rings (SSSR count). The molecule has 26 heavy (non-hydrogen) atoms. The SMILES string of the molecule is O=C(c1cnc(C2CC2)nc1)N1CCOC(CCc2cc(=O)[nH]cn2)C1. The van der Waals surface area contributed by atoms with Gasteiger partial charge in [0.15, 0.2) is 0 Å². The van der Waals surface area contributed by atoms with Crippen LogP contribution >= 0.6 is 0 Å². The molecule has 8 nitrogen and oxygen atoms in total. The Hall–Kier alpha value is -2.61. The van der Waals surface area contributed by atoms with E-state index in [1.807, 2.05) is 0 Å². The molecule has 3 heterocycles. The molecule has 2 aromatic rings. The van der Waals surface area contributed by atoms with E-state index >= 15 is 0 Å². The average molecular weight is 355 g/mol. The summed E-state index contributed by atoms with van der Waals surface area (Å²) in [6.07, 6.45) is 8.22. The van der Waals surface area contributed by atoms with Crippen molar-refractivity contribution in [3.63, 3.8) is 0 Å². The zero-order valence-corrected chi connectivity index (χ0v) is 14.4. The summed E-state index contributed by atoms with van der Waals surface area (Å²) in [5.41, 5.74) is 1.09. The third kappa shape index (κ3) is 3.96. The molecule has 0 radical (unpaired) electrons. The lowest BCUT2D eigenvalue weighted by molar-refractivity contribution is -0.0247. The van der Waals surface area contributed by atoms with E-state index in [-0.39, 0.29) is 17.6 Å². The molecule has 1 saturated heterocycles. The first-order valence-electron chi connectivity index (χ1n) is 8.95. The zero-order valence-electron chi connectivity index (χ0n) is 14.4. The first kappa shape index (κ1) is 16.8. The molecule has 1 aliphatic heterocycles. The van der Waals surface area contributed by atoms with Crippen molar-refractivity contribution in [3.05, 3.63) is 52.2 Å². The Kier molecular flexibility index (Phi) is 4.75. The molecular formula is C18H21N5O3. The molecular weight excluding hydrogens is 334 g/mol. The predicted octanol–water partition coefficient (Wildman–Crippen LogP) is 0.911. The number of nitrogens with zero attached hydrogens (tertiary/aromatic N) is 4. The van der Waals surface area contributed by atoms with E-state index in [0.717, 1.165) is 24.4 Å².